The SMILES string of the molecule is O=C([O-])CCN(Cc1ccc(Br)cc1)Cc1ccc(C(=O)[O-])c(C(=O)[O-])c1.[Na+].[Na+].[Na+]. The molecule has 0 aromatic heterocycles. The number of carboxylic acids is 3. The Kier molecular flexibility index (Phi) is 17.3. The first kappa shape index (κ1) is 32.5. The van der Waals surface area contributed by atoms with Crippen molar-refractivity contribution in [1.29, 1.82) is 0 Å². The molecule has 2 aromatic carbocycles. The molecule has 0 saturated heterocycles. The second-order valence-corrected chi connectivity index (χ2v) is 6.83. The summed E-state index contributed by atoms with van der Waals surface area (Å²) in [5.41, 5.74) is 0.502. The van der Waals surface area contributed by atoms with Crippen LogP contribution in [0.5, 0.6) is 0 Å². The fourth-order valence-corrected chi connectivity index (χ4v) is 2.87. The molecule has 0 aliphatic heterocycles. The number of carboxylic acid groups (broad SMARTS) is 3. The molecule has 0 spiro atoms. The van der Waals surface area contributed by atoms with E-state index < -0.39 is 29.0 Å². The van der Waals surface area contributed by atoms with Crippen molar-refractivity contribution in [2.24, 2.45) is 0 Å². The number of carbonyl (C=O) groups excluding carboxylic acids is 3. The van der Waals surface area contributed by atoms with Gasteiger partial charge in [0.1, 0.15) is 0 Å². The van der Waals surface area contributed by atoms with E-state index in [4.69, 9.17) is 0 Å². The van der Waals surface area contributed by atoms with Crippen LogP contribution in [0.25, 0.3) is 0 Å². The van der Waals surface area contributed by atoms with Crippen molar-refractivity contribution in [1.82, 2.24) is 4.90 Å². The first-order valence-electron chi connectivity index (χ1n) is 7.98. The van der Waals surface area contributed by atoms with Crippen LogP contribution in [0, 0.1) is 0 Å². The van der Waals surface area contributed by atoms with Crippen LogP contribution in [0.1, 0.15) is 38.3 Å². The largest absolute Gasteiger partial charge is 1.00 e. The molecule has 0 radical (unpaired) electrons. The van der Waals surface area contributed by atoms with Crippen LogP contribution in [-0.4, -0.2) is 29.4 Å². The smallest absolute Gasteiger partial charge is 0.550 e. The maximum absolute atomic E-state index is 11.2. The van der Waals surface area contributed by atoms with E-state index in [9.17, 15) is 29.7 Å². The van der Waals surface area contributed by atoms with Crippen LogP contribution in [-0.2, 0) is 17.9 Å². The van der Waals surface area contributed by atoms with Crippen molar-refractivity contribution in [2.75, 3.05) is 6.54 Å². The molecule has 142 valence electrons. The number of rotatable bonds is 9. The van der Waals surface area contributed by atoms with Gasteiger partial charge < -0.3 is 29.7 Å². The minimum Gasteiger partial charge on any atom is -0.550 e. The van der Waals surface area contributed by atoms with E-state index in [2.05, 4.69) is 15.9 Å². The summed E-state index contributed by atoms with van der Waals surface area (Å²) < 4.78 is 0.906. The van der Waals surface area contributed by atoms with Gasteiger partial charge in [0.15, 0.2) is 0 Å². The van der Waals surface area contributed by atoms with Crippen LogP contribution in [0.15, 0.2) is 46.9 Å². The molecule has 0 unspecified atom stereocenters. The molecule has 7 nitrogen and oxygen atoms in total. The van der Waals surface area contributed by atoms with Crippen molar-refractivity contribution < 1.29 is 118 Å². The molecule has 0 N–H and O–H groups in total. The van der Waals surface area contributed by atoms with Crippen molar-refractivity contribution >= 4 is 33.8 Å². The summed E-state index contributed by atoms with van der Waals surface area (Å²) in [5, 5.41) is 33.0. The molecule has 0 amide bonds. The van der Waals surface area contributed by atoms with Gasteiger partial charge in [-0.1, -0.05) is 40.2 Å². The molecule has 2 aromatic rings. The fourth-order valence-electron chi connectivity index (χ4n) is 2.61. The van der Waals surface area contributed by atoms with Crippen LogP contribution < -0.4 is 104 Å². The van der Waals surface area contributed by atoms with Crippen molar-refractivity contribution in [3.8, 4) is 0 Å². The van der Waals surface area contributed by atoms with Gasteiger partial charge in [-0.2, -0.15) is 0 Å². The Morgan fingerprint density at radius 2 is 1.27 bits per heavy atom. The average molecular weight is 502 g/mol. The van der Waals surface area contributed by atoms with E-state index in [1.807, 2.05) is 24.3 Å². The van der Waals surface area contributed by atoms with Gasteiger partial charge in [0, 0.05) is 41.2 Å². The van der Waals surface area contributed by atoms with Crippen LogP contribution >= 0.6 is 15.9 Å². The fraction of sp³-hybridized carbons (Fsp3) is 0.211. The summed E-state index contributed by atoms with van der Waals surface area (Å²) in [6, 6.07) is 11.3. The predicted octanol–water partition coefficient (Wildman–Crippen LogP) is -9.67. The zero-order valence-corrected chi connectivity index (χ0v) is 24.7. The number of hydrogen-bond donors (Lipinski definition) is 0. The number of halogens is 1. The summed E-state index contributed by atoms with van der Waals surface area (Å²) in [6.07, 6.45) is -0.193. The number of benzene rings is 2. The average Bonchev–Trinajstić information content (AvgIpc) is 2.61. The van der Waals surface area contributed by atoms with Gasteiger partial charge in [0.25, 0.3) is 0 Å². The van der Waals surface area contributed by atoms with Gasteiger partial charge >= 0.3 is 88.7 Å². The van der Waals surface area contributed by atoms with Crippen LogP contribution in [0.4, 0.5) is 0 Å². The molecule has 0 atom stereocenters. The Hall–Kier alpha value is 0.290. The maximum Gasteiger partial charge on any atom is 1.00 e. The predicted molar refractivity (Wildman–Crippen MR) is 93.0 cm³/mol. The molecular formula is C19H15BrNNa3O6. The molecule has 30 heavy (non-hydrogen) atoms. The number of nitrogens with zero attached hydrogens (tertiary/aromatic N) is 1. The van der Waals surface area contributed by atoms with E-state index in [0.717, 1.165) is 16.1 Å². The van der Waals surface area contributed by atoms with Crippen LogP contribution in [0.2, 0.25) is 0 Å². The van der Waals surface area contributed by atoms with E-state index in [1.165, 1.54) is 12.1 Å². The van der Waals surface area contributed by atoms with Gasteiger partial charge in [0.2, 0.25) is 0 Å². The van der Waals surface area contributed by atoms with E-state index in [-0.39, 0.29) is 108 Å². The second-order valence-electron chi connectivity index (χ2n) is 5.91. The molecule has 0 heterocycles. The first-order chi connectivity index (χ1) is 12.8. The zero-order chi connectivity index (χ0) is 20.0. The van der Waals surface area contributed by atoms with Crippen molar-refractivity contribution in [2.45, 2.75) is 19.5 Å². The number of aliphatic carboxylic acids is 1. The third kappa shape index (κ3) is 10.7. The molecule has 0 bridgehead atoms. The zero-order valence-electron chi connectivity index (χ0n) is 17.1. The Bertz CT molecular complexity index is 864. The minimum absolute atomic E-state index is 0. The van der Waals surface area contributed by atoms with Gasteiger partial charge in [-0.25, -0.2) is 0 Å². The topological polar surface area (TPSA) is 124 Å². The monoisotopic (exact) mass is 501 g/mol. The minimum atomic E-state index is -1.62. The van der Waals surface area contributed by atoms with E-state index in [1.54, 1.807) is 4.90 Å². The summed E-state index contributed by atoms with van der Waals surface area (Å²) in [7, 11) is 0. The number of aromatic carboxylic acids is 2. The molecule has 2 rings (SSSR count). The van der Waals surface area contributed by atoms with Crippen molar-refractivity contribution in [3.63, 3.8) is 0 Å². The normalized spacial score (nSPS) is 9.67. The summed E-state index contributed by atoms with van der Waals surface area (Å²) >= 11 is 3.34. The van der Waals surface area contributed by atoms with Gasteiger partial charge in [-0.3, -0.25) is 4.90 Å². The molecule has 0 fully saturated rings. The standard InChI is InChI=1S/C19H18BrNO6.3Na/c20-14-4-1-12(2-5-14)10-21(8-7-17(22)23)11-13-3-6-15(18(24)25)16(9-13)19(26)27;;;/h1-6,9H,7-8,10-11H2,(H,22,23)(H,24,25)(H,26,27);;;/q;3*+1/p-3. The van der Waals surface area contributed by atoms with Crippen molar-refractivity contribution in [3.05, 3.63) is 69.2 Å². The first-order valence-corrected chi connectivity index (χ1v) is 8.78. The van der Waals surface area contributed by atoms with Crippen LogP contribution in [0.3, 0.4) is 0 Å². The molecule has 0 aliphatic carbocycles. The molecule has 11 heteroatoms. The molecule has 0 saturated carbocycles. The van der Waals surface area contributed by atoms with Gasteiger partial charge in [-0.15, -0.1) is 0 Å². The Labute approximate surface area is 249 Å². The summed E-state index contributed by atoms with van der Waals surface area (Å²) in [5.74, 6) is -4.42. The Morgan fingerprint density at radius 3 is 1.77 bits per heavy atom. The molecule has 0 aliphatic rings. The number of hydrogen-bond acceptors (Lipinski definition) is 7. The third-order valence-electron chi connectivity index (χ3n) is 3.88. The summed E-state index contributed by atoms with van der Waals surface area (Å²) in [6.45, 7) is 0.821. The second kappa shape index (κ2) is 16.0. The Morgan fingerprint density at radius 1 is 0.767 bits per heavy atom. The summed E-state index contributed by atoms with van der Waals surface area (Å²) in [4.78, 5) is 34.8. The molecular weight excluding hydrogens is 487 g/mol. The maximum atomic E-state index is 11.2. The van der Waals surface area contributed by atoms with E-state index >= 15 is 0 Å². The number of carbonyl (C=O) groups is 3. The third-order valence-corrected chi connectivity index (χ3v) is 4.41. The van der Waals surface area contributed by atoms with E-state index in [0.29, 0.717) is 12.1 Å². The Balaban J connectivity index is 0. The van der Waals surface area contributed by atoms with Gasteiger partial charge in [0.05, 0.1) is 11.9 Å². The quantitative estimate of drug-likeness (QED) is 0.312. The van der Waals surface area contributed by atoms with Gasteiger partial charge in [-0.05, 0) is 35.7 Å².